The molecule has 16 heavy (non-hydrogen) atoms. The molecule has 0 saturated carbocycles. The molecule has 1 unspecified atom stereocenters. The molecule has 3 aliphatic rings. The maximum atomic E-state index is 8.36. The van der Waals surface area contributed by atoms with Crippen LogP contribution in [0.5, 0.6) is 0 Å². The lowest BCUT2D eigenvalue weighted by atomic mass is 9.95. The van der Waals surface area contributed by atoms with Crippen molar-refractivity contribution in [2.75, 3.05) is 19.7 Å². The number of ether oxygens (including phenoxy) is 1. The highest BCUT2D eigenvalue weighted by atomic mass is 16.5. The van der Waals surface area contributed by atoms with E-state index in [9.17, 15) is 0 Å². The van der Waals surface area contributed by atoms with Gasteiger partial charge in [-0.1, -0.05) is 24.3 Å². The number of morpholine rings is 1. The van der Waals surface area contributed by atoms with Crippen LogP contribution in [0.25, 0.3) is 11.1 Å². The van der Waals surface area contributed by atoms with Gasteiger partial charge in [0.15, 0.2) is 0 Å². The van der Waals surface area contributed by atoms with E-state index in [1.54, 1.807) is 0 Å². The zero-order valence-corrected chi connectivity index (χ0v) is 9.35. The standard InChI is InChI=1S/C6H4.C5H11NO.CH2O2/c1-2-6-4-3-5(1)6;1-5-4-6-2-3-7-5;2-1-3/h1-4H;5-6H,2-4H2,1H3;1H,(H,2,3). The lowest BCUT2D eigenvalue weighted by molar-refractivity contribution is -0.122. The predicted octanol–water partition coefficient (Wildman–Crippen LogP) is 1.36. The maximum Gasteiger partial charge on any atom is 0.290 e. The maximum absolute atomic E-state index is 8.36. The van der Waals surface area contributed by atoms with Gasteiger partial charge in [-0.15, -0.1) is 0 Å². The molecular formula is C12H17NO3. The molecule has 1 heterocycles. The molecule has 88 valence electrons. The Morgan fingerprint density at radius 1 is 1.38 bits per heavy atom. The van der Waals surface area contributed by atoms with E-state index in [-0.39, 0.29) is 6.47 Å². The van der Waals surface area contributed by atoms with Gasteiger partial charge in [-0.2, -0.15) is 0 Å². The van der Waals surface area contributed by atoms with Crippen LogP contribution in [0.15, 0.2) is 24.3 Å². The van der Waals surface area contributed by atoms with E-state index in [4.69, 9.17) is 14.6 Å². The summed E-state index contributed by atoms with van der Waals surface area (Å²) in [6, 6.07) is 8.48. The van der Waals surface area contributed by atoms with Gasteiger partial charge in [-0.3, -0.25) is 4.79 Å². The fourth-order valence-corrected chi connectivity index (χ4v) is 1.36. The first-order valence-electron chi connectivity index (χ1n) is 5.28. The van der Waals surface area contributed by atoms with Crippen molar-refractivity contribution in [1.29, 1.82) is 0 Å². The summed E-state index contributed by atoms with van der Waals surface area (Å²) < 4.78 is 5.22. The van der Waals surface area contributed by atoms with Crippen LogP contribution < -0.4 is 5.32 Å². The van der Waals surface area contributed by atoms with E-state index in [1.807, 2.05) is 0 Å². The second-order valence-electron chi connectivity index (χ2n) is 3.57. The Bertz CT molecular complexity index is 284. The number of hydrogen-bond donors (Lipinski definition) is 2. The van der Waals surface area contributed by atoms with Gasteiger partial charge < -0.3 is 15.2 Å². The van der Waals surface area contributed by atoms with Crippen LogP contribution in [0.1, 0.15) is 6.92 Å². The Labute approximate surface area is 95.2 Å². The molecule has 1 saturated heterocycles. The highest BCUT2D eigenvalue weighted by Gasteiger charge is 2.05. The van der Waals surface area contributed by atoms with E-state index in [1.165, 1.54) is 11.1 Å². The summed E-state index contributed by atoms with van der Waals surface area (Å²) in [5.41, 5.74) is 2.85. The minimum atomic E-state index is -0.250. The monoisotopic (exact) mass is 223 g/mol. The van der Waals surface area contributed by atoms with Gasteiger partial charge in [0.2, 0.25) is 0 Å². The summed E-state index contributed by atoms with van der Waals surface area (Å²) in [6.45, 7) is 4.73. The highest BCUT2D eigenvalue weighted by Crippen LogP contribution is 2.29. The summed E-state index contributed by atoms with van der Waals surface area (Å²) in [6.07, 6.45) is 0.425. The molecule has 0 amide bonds. The zero-order chi connectivity index (χ0) is 11.8. The fourth-order valence-electron chi connectivity index (χ4n) is 1.36. The van der Waals surface area contributed by atoms with Crippen LogP contribution >= 0.6 is 0 Å². The quantitative estimate of drug-likeness (QED) is 0.662. The van der Waals surface area contributed by atoms with Gasteiger partial charge >= 0.3 is 0 Å². The third-order valence-corrected chi connectivity index (χ3v) is 2.33. The number of nitrogens with one attached hydrogen (secondary N) is 1. The number of carboxylic acid groups (broad SMARTS) is 1. The molecule has 1 aliphatic heterocycles. The van der Waals surface area contributed by atoms with Crippen LogP contribution in [0.2, 0.25) is 0 Å². The lowest BCUT2D eigenvalue weighted by Gasteiger charge is -2.18. The minimum absolute atomic E-state index is 0.250. The first kappa shape index (κ1) is 12.7. The van der Waals surface area contributed by atoms with Crippen molar-refractivity contribution in [3.05, 3.63) is 24.3 Å². The second kappa shape index (κ2) is 6.98. The first-order valence-corrected chi connectivity index (χ1v) is 5.28. The molecule has 0 spiro atoms. The predicted molar refractivity (Wildman–Crippen MR) is 62.4 cm³/mol. The summed E-state index contributed by atoms with van der Waals surface area (Å²) in [5, 5.41) is 10.1. The van der Waals surface area contributed by atoms with Crippen LogP contribution in [-0.4, -0.2) is 37.4 Å². The molecule has 0 aromatic rings. The van der Waals surface area contributed by atoms with Crippen molar-refractivity contribution in [2.24, 2.45) is 0 Å². The Balaban J connectivity index is 0.000000131. The van der Waals surface area contributed by atoms with Crippen LogP contribution in [-0.2, 0) is 9.53 Å². The average Bonchev–Trinajstić information content (AvgIpc) is 2.26. The van der Waals surface area contributed by atoms with Gasteiger partial charge in [-0.05, 0) is 18.1 Å². The largest absolute Gasteiger partial charge is 0.483 e. The van der Waals surface area contributed by atoms with Crippen LogP contribution in [0, 0.1) is 0 Å². The first-order chi connectivity index (χ1) is 7.77. The number of rotatable bonds is 0. The van der Waals surface area contributed by atoms with Crippen molar-refractivity contribution in [1.82, 2.24) is 5.32 Å². The van der Waals surface area contributed by atoms with Gasteiger partial charge in [-0.25, -0.2) is 0 Å². The number of benzene rings is 1. The number of hydrogen-bond acceptors (Lipinski definition) is 3. The van der Waals surface area contributed by atoms with Gasteiger partial charge in [0.1, 0.15) is 0 Å². The van der Waals surface area contributed by atoms with Crippen LogP contribution in [0.3, 0.4) is 0 Å². The Morgan fingerprint density at radius 3 is 2.00 bits per heavy atom. The van der Waals surface area contributed by atoms with E-state index < -0.39 is 0 Å². The van der Waals surface area contributed by atoms with Crippen molar-refractivity contribution in [2.45, 2.75) is 13.0 Å². The molecule has 2 N–H and O–H groups in total. The third-order valence-electron chi connectivity index (χ3n) is 2.33. The Kier molecular flexibility index (Phi) is 5.53. The minimum Gasteiger partial charge on any atom is -0.483 e. The molecule has 0 aromatic heterocycles. The third kappa shape index (κ3) is 4.00. The van der Waals surface area contributed by atoms with E-state index in [2.05, 4.69) is 36.5 Å². The zero-order valence-electron chi connectivity index (χ0n) is 9.35. The van der Waals surface area contributed by atoms with E-state index >= 15 is 0 Å². The molecule has 2 aliphatic carbocycles. The molecule has 0 radical (unpaired) electrons. The summed E-state index contributed by atoms with van der Waals surface area (Å²) in [7, 11) is 0. The van der Waals surface area contributed by atoms with Crippen molar-refractivity contribution in [3.8, 4) is 11.1 Å². The average molecular weight is 223 g/mol. The number of carbonyl (C=O) groups is 1. The van der Waals surface area contributed by atoms with Gasteiger partial charge in [0.25, 0.3) is 6.47 Å². The Morgan fingerprint density at radius 2 is 1.88 bits per heavy atom. The van der Waals surface area contributed by atoms with Crippen molar-refractivity contribution < 1.29 is 14.6 Å². The smallest absolute Gasteiger partial charge is 0.290 e. The normalized spacial score (nSPS) is 19.4. The van der Waals surface area contributed by atoms with Gasteiger partial charge in [0.05, 0.1) is 12.7 Å². The topological polar surface area (TPSA) is 58.6 Å². The molecular weight excluding hydrogens is 206 g/mol. The summed E-state index contributed by atoms with van der Waals surface area (Å²) in [4.78, 5) is 8.36. The van der Waals surface area contributed by atoms with E-state index in [0.717, 1.165) is 19.7 Å². The highest BCUT2D eigenvalue weighted by molar-refractivity contribution is 5.75. The molecule has 1 atom stereocenters. The SMILES string of the molecule is CC1CNCCO1.O=CO.c1cc2ccc1-2. The molecule has 3 rings (SSSR count). The second-order valence-corrected chi connectivity index (χ2v) is 3.57. The fraction of sp³-hybridized carbons (Fsp3) is 0.417. The van der Waals surface area contributed by atoms with E-state index in [0.29, 0.717) is 6.10 Å². The summed E-state index contributed by atoms with van der Waals surface area (Å²) in [5.74, 6) is 0. The van der Waals surface area contributed by atoms with Crippen molar-refractivity contribution in [3.63, 3.8) is 0 Å². The molecule has 1 fully saturated rings. The number of fused-ring (bicyclic) bond motifs is 1. The molecule has 0 aromatic carbocycles. The van der Waals surface area contributed by atoms with Crippen molar-refractivity contribution >= 4 is 6.47 Å². The Hall–Kier alpha value is -1.39. The van der Waals surface area contributed by atoms with Crippen LogP contribution in [0.4, 0.5) is 0 Å². The molecule has 4 heteroatoms. The molecule has 4 nitrogen and oxygen atoms in total. The summed E-state index contributed by atoms with van der Waals surface area (Å²) >= 11 is 0. The molecule has 0 bridgehead atoms. The lowest BCUT2D eigenvalue weighted by Crippen LogP contribution is -2.36. The van der Waals surface area contributed by atoms with Gasteiger partial charge in [0, 0.05) is 13.1 Å².